The fourth-order valence-electron chi connectivity index (χ4n) is 1.34. The highest BCUT2D eigenvalue weighted by Crippen LogP contribution is 2.16. The van der Waals surface area contributed by atoms with E-state index in [2.05, 4.69) is 4.98 Å². The van der Waals surface area contributed by atoms with Crippen molar-refractivity contribution in [1.29, 1.82) is 0 Å². The van der Waals surface area contributed by atoms with Gasteiger partial charge in [0.25, 0.3) is 0 Å². The number of ether oxygens (including phenoxy) is 1. The molecule has 1 heterocycles. The van der Waals surface area contributed by atoms with Gasteiger partial charge in [0.1, 0.15) is 6.04 Å². The Hall–Kier alpha value is -1.36. The maximum absolute atomic E-state index is 11.4. The van der Waals surface area contributed by atoms with E-state index in [-0.39, 0.29) is 6.04 Å². The van der Waals surface area contributed by atoms with E-state index in [1.165, 1.54) is 0 Å². The Morgan fingerprint density at radius 3 is 2.87 bits per heavy atom. The lowest BCUT2D eigenvalue weighted by molar-refractivity contribution is -0.145. The molecule has 1 unspecified atom stereocenters. The first-order chi connectivity index (χ1) is 7.07. The van der Waals surface area contributed by atoms with E-state index in [0.717, 1.165) is 0 Å². The second-order valence-corrected chi connectivity index (χ2v) is 3.55. The Bertz CT molecular complexity index is 333. The predicted octanol–water partition coefficient (Wildman–Crippen LogP) is 1.03. The summed E-state index contributed by atoms with van der Waals surface area (Å²) in [6.45, 7) is 6.10. The van der Waals surface area contributed by atoms with Crippen LogP contribution in [0.15, 0.2) is 12.5 Å². The first-order valence-electron chi connectivity index (χ1n) is 5.01. The molecular formula is C10H17N3O2. The van der Waals surface area contributed by atoms with Crippen LogP contribution in [0, 0.1) is 0 Å². The molecule has 5 nitrogen and oxygen atoms in total. The van der Waals surface area contributed by atoms with Crippen molar-refractivity contribution >= 4 is 5.97 Å². The van der Waals surface area contributed by atoms with E-state index in [1.54, 1.807) is 19.4 Å². The van der Waals surface area contributed by atoms with Gasteiger partial charge in [0.05, 0.1) is 24.8 Å². The maximum atomic E-state index is 11.4. The molecule has 0 saturated heterocycles. The average Bonchev–Trinajstić information content (AvgIpc) is 2.65. The topological polar surface area (TPSA) is 70.1 Å². The predicted molar refractivity (Wildman–Crippen MR) is 56.2 cm³/mol. The Morgan fingerprint density at radius 2 is 2.33 bits per heavy atom. The van der Waals surface area contributed by atoms with Gasteiger partial charge < -0.3 is 15.0 Å². The van der Waals surface area contributed by atoms with Crippen molar-refractivity contribution in [2.24, 2.45) is 5.73 Å². The summed E-state index contributed by atoms with van der Waals surface area (Å²) in [5, 5.41) is 0. The highest BCUT2D eigenvalue weighted by Gasteiger charge is 2.21. The molecule has 1 atom stereocenters. The molecule has 1 aromatic heterocycles. The molecule has 0 aliphatic rings. The summed E-state index contributed by atoms with van der Waals surface area (Å²) in [6.07, 6.45) is 3.26. The van der Waals surface area contributed by atoms with Gasteiger partial charge in [-0.3, -0.25) is 0 Å². The summed E-state index contributed by atoms with van der Waals surface area (Å²) >= 11 is 0. The van der Waals surface area contributed by atoms with Crippen LogP contribution in [0.4, 0.5) is 0 Å². The number of nitrogens with two attached hydrogens (primary N) is 1. The Kier molecular flexibility index (Phi) is 3.85. The van der Waals surface area contributed by atoms with Crippen LogP contribution >= 0.6 is 0 Å². The quantitative estimate of drug-likeness (QED) is 0.755. The molecule has 0 aliphatic carbocycles. The molecular weight excluding hydrogens is 194 g/mol. The molecule has 0 radical (unpaired) electrons. The van der Waals surface area contributed by atoms with E-state index >= 15 is 0 Å². The third-order valence-corrected chi connectivity index (χ3v) is 2.11. The van der Waals surface area contributed by atoms with Crippen molar-refractivity contribution in [3.8, 4) is 0 Å². The van der Waals surface area contributed by atoms with Gasteiger partial charge >= 0.3 is 5.97 Å². The van der Waals surface area contributed by atoms with Crippen LogP contribution in [0.3, 0.4) is 0 Å². The zero-order valence-electron chi connectivity index (χ0n) is 9.30. The summed E-state index contributed by atoms with van der Waals surface area (Å²) in [5.74, 6) is -0.417. The number of carbonyl (C=O) groups is 1. The first-order valence-corrected chi connectivity index (χ1v) is 5.01. The number of hydrogen-bond donors (Lipinski definition) is 1. The SMILES string of the molecule is CCOC(=O)C(N)c1cncn1C(C)C. The number of nitrogens with zero attached hydrogens (tertiary/aromatic N) is 2. The van der Waals surface area contributed by atoms with Gasteiger partial charge in [-0.15, -0.1) is 0 Å². The lowest BCUT2D eigenvalue weighted by atomic mass is 10.2. The zero-order valence-corrected chi connectivity index (χ0v) is 9.30. The molecule has 0 fully saturated rings. The third kappa shape index (κ3) is 2.56. The summed E-state index contributed by atoms with van der Waals surface area (Å²) in [6, 6.07) is -0.530. The fourth-order valence-corrected chi connectivity index (χ4v) is 1.34. The van der Waals surface area contributed by atoms with Crippen LogP contribution in [0.2, 0.25) is 0 Å². The minimum Gasteiger partial charge on any atom is -0.465 e. The van der Waals surface area contributed by atoms with Crippen LogP contribution in [0.1, 0.15) is 38.5 Å². The minimum absolute atomic E-state index is 0.225. The van der Waals surface area contributed by atoms with E-state index in [1.807, 2.05) is 18.4 Å². The number of rotatable bonds is 4. The van der Waals surface area contributed by atoms with E-state index < -0.39 is 12.0 Å². The maximum Gasteiger partial charge on any atom is 0.329 e. The molecule has 1 aromatic rings. The smallest absolute Gasteiger partial charge is 0.329 e. The third-order valence-electron chi connectivity index (χ3n) is 2.11. The molecule has 84 valence electrons. The second kappa shape index (κ2) is 4.93. The molecule has 5 heteroatoms. The summed E-state index contributed by atoms with van der Waals surface area (Å²) in [5.41, 5.74) is 6.46. The highest BCUT2D eigenvalue weighted by molar-refractivity contribution is 5.76. The molecule has 2 N–H and O–H groups in total. The van der Waals surface area contributed by atoms with Crippen molar-refractivity contribution in [3.05, 3.63) is 18.2 Å². The largest absolute Gasteiger partial charge is 0.465 e. The minimum atomic E-state index is -0.755. The number of carbonyl (C=O) groups excluding carboxylic acids is 1. The van der Waals surface area contributed by atoms with Crippen molar-refractivity contribution in [2.75, 3.05) is 6.61 Å². The second-order valence-electron chi connectivity index (χ2n) is 3.55. The Morgan fingerprint density at radius 1 is 1.67 bits per heavy atom. The number of aromatic nitrogens is 2. The molecule has 0 aliphatic heterocycles. The van der Waals surface area contributed by atoms with Crippen LogP contribution in [-0.4, -0.2) is 22.1 Å². The standard InChI is InChI=1S/C10H17N3O2/c1-4-15-10(14)9(11)8-5-12-6-13(8)7(2)3/h5-7,9H,4,11H2,1-3H3. The van der Waals surface area contributed by atoms with E-state index in [4.69, 9.17) is 10.5 Å². The van der Waals surface area contributed by atoms with Crippen molar-refractivity contribution < 1.29 is 9.53 Å². The van der Waals surface area contributed by atoms with Gasteiger partial charge in [0.15, 0.2) is 0 Å². The van der Waals surface area contributed by atoms with Gasteiger partial charge in [0, 0.05) is 6.04 Å². The fraction of sp³-hybridized carbons (Fsp3) is 0.600. The number of hydrogen-bond acceptors (Lipinski definition) is 4. The van der Waals surface area contributed by atoms with Crippen LogP contribution in [-0.2, 0) is 9.53 Å². The van der Waals surface area contributed by atoms with Gasteiger partial charge in [-0.25, -0.2) is 9.78 Å². The van der Waals surface area contributed by atoms with Gasteiger partial charge in [-0.2, -0.15) is 0 Å². The summed E-state index contributed by atoms with van der Waals surface area (Å²) < 4.78 is 6.72. The van der Waals surface area contributed by atoms with Crippen molar-refractivity contribution in [2.45, 2.75) is 32.9 Å². The molecule has 0 spiro atoms. The number of esters is 1. The Labute approximate surface area is 89.2 Å². The zero-order chi connectivity index (χ0) is 11.4. The van der Waals surface area contributed by atoms with Crippen molar-refractivity contribution in [1.82, 2.24) is 9.55 Å². The summed E-state index contributed by atoms with van der Waals surface area (Å²) in [7, 11) is 0. The van der Waals surface area contributed by atoms with Gasteiger partial charge in [0.2, 0.25) is 0 Å². The highest BCUT2D eigenvalue weighted by atomic mass is 16.5. The van der Waals surface area contributed by atoms with Crippen LogP contribution in [0.25, 0.3) is 0 Å². The summed E-state index contributed by atoms with van der Waals surface area (Å²) in [4.78, 5) is 15.4. The molecule has 0 saturated carbocycles. The lowest BCUT2D eigenvalue weighted by Crippen LogP contribution is -2.26. The van der Waals surface area contributed by atoms with Gasteiger partial charge in [-0.1, -0.05) is 0 Å². The van der Waals surface area contributed by atoms with Crippen molar-refractivity contribution in [3.63, 3.8) is 0 Å². The average molecular weight is 211 g/mol. The molecule has 0 aromatic carbocycles. The molecule has 1 rings (SSSR count). The molecule has 0 amide bonds. The monoisotopic (exact) mass is 211 g/mol. The van der Waals surface area contributed by atoms with Gasteiger partial charge in [-0.05, 0) is 20.8 Å². The van der Waals surface area contributed by atoms with E-state index in [0.29, 0.717) is 12.3 Å². The first kappa shape index (κ1) is 11.7. The normalized spacial score (nSPS) is 12.9. The lowest BCUT2D eigenvalue weighted by Gasteiger charge is -2.15. The molecule has 15 heavy (non-hydrogen) atoms. The Balaban J connectivity index is 2.85. The van der Waals surface area contributed by atoms with E-state index in [9.17, 15) is 4.79 Å². The van der Waals surface area contributed by atoms with Crippen LogP contribution < -0.4 is 5.73 Å². The molecule has 0 bridgehead atoms. The van der Waals surface area contributed by atoms with Crippen LogP contribution in [0.5, 0.6) is 0 Å². The number of imidazole rings is 1.